The zero-order valence-electron chi connectivity index (χ0n) is 14.8. The number of nitrogens with one attached hydrogen (secondary N) is 1. The first-order valence-electron chi connectivity index (χ1n) is 8.32. The first-order chi connectivity index (χ1) is 12.0. The monoisotopic (exact) mass is 374 g/mol. The van der Waals surface area contributed by atoms with Crippen LogP contribution in [0.4, 0.5) is 0 Å². The van der Waals surface area contributed by atoms with Gasteiger partial charge in [0.1, 0.15) is 9.92 Å². The Balaban J connectivity index is 1.90. The molecule has 3 rings (SSSR count). The Morgan fingerprint density at radius 2 is 2.08 bits per heavy atom. The summed E-state index contributed by atoms with van der Waals surface area (Å²) in [5.41, 5.74) is 2.70. The second kappa shape index (κ2) is 7.62. The van der Waals surface area contributed by atoms with Crippen LogP contribution in [0, 0.1) is 12.8 Å². The van der Waals surface area contributed by atoms with E-state index in [1.807, 2.05) is 43.5 Å². The van der Waals surface area contributed by atoms with E-state index in [1.54, 1.807) is 23.1 Å². The third-order valence-electron chi connectivity index (χ3n) is 4.20. The highest BCUT2D eigenvalue weighted by molar-refractivity contribution is 8.00. The van der Waals surface area contributed by atoms with Crippen LogP contribution in [0.1, 0.15) is 42.6 Å². The fourth-order valence-corrected chi connectivity index (χ4v) is 4.27. The van der Waals surface area contributed by atoms with Gasteiger partial charge in [-0.15, -0.1) is 11.3 Å². The summed E-state index contributed by atoms with van der Waals surface area (Å²) < 4.78 is 6.90. The molecule has 0 spiro atoms. The summed E-state index contributed by atoms with van der Waals surface area (Å²) in [6.45, 7) is 8.17. The number of aromatic nitrogens is 1. The Bertz CT molecular complexity index is 883. The minimum Gasteiger partial charge on any atom is -0.451 e. The molecule has 0 fully saturated rings. The molecule has 1 aromatic carbocycles. The summed E-state index contributed by atoms with van der Waals surface area (Å²) in [6, 6.07) is 7.89. The molecule has 1 amide bonds. The average Bonchev–Trinajstić information content (AvgIpc) is 3.16. The minimum absolute atomic E-state index is 0.0860. The van der Waals surface area contributed by atoms with Gasteiger partial charge in [-0.05, 0) is 25.8 Å². The molecule has 4 nitrogen and oxygen atoms in total. The predicted molar refractivity (Wildman–Crippen MR) is 104 cm³/mol. The molecule has 6 heteroatoms. The summed E-state index contributed by atoms with van der Waals surface area (Å²) in [4.78, 5) is 17.2. The lowest BCUT2D eigenvalue weighted by atomic mass is 10.1. The van der Waals surface area contributed by atoms with Gasteiger partial charge in [-0.3, -0.25) is 4.79 Å². The molecule has 0 bridgehead atoms. The molecule has 25 heavy (non-hydrogen) atoms. The zero-order valence-corrected chi connectivity index (χ0v) is 16.5. The molecule has 0 radical (unpaired) electrons. The number of benzene rings is 1. The Hall–Kier alpha value is -1.79. The normalized spacial score (nSPS) is 12.7. The van der Waals surface area contributed by atoms with E-state index in [0.29, 0.717) is 17.4 Å². The highest BCUT2D eigenvalue weighted by atomic mass is 32.2. The van der Waals surface area contributed by atoms with Gasteiger partial charge in [0.25, 0.3) is 5.91 Å². The van der Waals surface area contributed by atoms with Gasteiger partial charge in [0.15, 0.2) is 5.76 Å². The molecule has 0 aliphatic rings. The minimum atomic E-state index is -0.150. The van der Waals surface area contributed by atoms with Crippen molar-refractivity contribution in [3.63, 3.8) is 0 Å². The standard InChI is InChI=1S/C19H22N2O2S2/c1-11(2)13(4)21-18(22)17-15(10-25-19-20-12(3)9-24-19)14-7-5-6-8-16(14)23-17/h5-9,11,13H,10H2,1-4H3,(H,21,22). The van der Waals surface area contributed by atoms with Crippen LogP contribution in [-0.4, -0.2) is 16.9 Å². The van der Waals surface area contributed by atoms with Crippen LogP contribution >= 0.6 is 23.1 Å². The number of furan rings is 1. The SMILES string of the molecule is Cc1csc(SCc2c(C(=O)NC(C)C(C)C)oc3ccccc23)n1. The number of rotatable bonds is 6. The third kappa shape index (κ3) is 4.07. The number of thioether (sulfide) groups is 1. The van der Waals surface area contributed by atoms with E-state index >= 15 is 0 Å². The van der Waals surface area contributed by atoms with Crippen molar-refractivity contribution in [1.29, 1.82) is 0 Å². The molecule has 0 aliphatic carbocycles. The lowest BCUT2D eigenvalue weighted by molar-refractivity contribution is 0.0903. The molecule has 1 N–H and O–H groups in total. The summed E-state index contributed by atoms with van der Waals surface area (Å²) in [6.07, 6.45) is 0. The smallest absolute Gasteiger partial charge is 0.287 e. The van der Waals surface area contributed by atoms with E-state index in [4.69, 9.17) is 4.42 Å². The van der Waals surface area contributed by atoms with Crippen molar-refractivity contribution in [2.45, 2.75) is 43.8 Å². The highest BCUT2D eigenvalue weighted by Gasteiger charge is 2.22. The lowest BCUT2D eigenvalue weighted by Crippen LogP contribution is -2.36. The predicted octanol–water partition coefficient (Wildman–Crippen LogP) is 5.26. The lowest BCUT2D eigenvalue weighted by Gasteiger charge is -2.16. The molecule has 3 aromatic rings. The molecule has 1 atom stereocenters. The number of carbonyl (C=O) groups excluding carboxylic acids is 1. The number of hydrogen-bond acceptors (Lipinski definition) is 5. The van der Waals surface area contributed by atoms with Gasteiger partial charge in [0, 0.05) is 33.8 Å². The average molecular weight is 375 g/mol. The van der Waals surface area contributed by atoms with Crippen molar-refractivity contribution in [2.75, 3.05) is 0 Å². The molecule has 0 saturated carbocycles. The second-order valence-electron chi connectivity index (χ2n) is 6.46. The van der Waals surface area contributed by atoms with Crippen molar-refractivity contribution in [3.05, 3.63) is 46.7 Å². The Labute approximate surface area is 156 Å². The van der Waals surface area contributed by atoms with Crippen LogP contribution < -0.4 is 5.32 Å². The molecule has 0 aliphatic heterocycles. The summed E-state index contributed by atoms with van der Waals surface area (Å²) in [5, 5.41) is 6.07. The first kappa shape index (κ1) is 18.0. The van der Waals surface area contributed by atoms with E-state index < -0.39 is 0 Å². The van der Waals surface area contributed by atoms with Crippen molar-refractivity contribution in [2.24, 2.45) is 5.92 Å². The second-order valence-corrected chi connectivity index (χ2v) is 8.54. The van der Waals surface area contributed by atoms with Gasteiger partial charge >= 0.3 is 0 Å². The van der Waals surface area contributed by atoms with Gasteiger partial charge in [-0.25, -0.2) is 4.98 Å². The quantitative estimate of drug-likeness (QED) is 0.598. The largest absolute Gasteiger partial charge is 0.451 e. The number of nitrogens with zero attached hydrogens (tertiary/aromatic N) is 1. The van der Waals surface area contributed by atoms with Crippen LogP contribution in [0.3, 0.4) is 0 Å². The van der Waals surface area contributed by atoms with Crippen LogP contribution in [0.25, 0.3) is 11.0 Å². The number of fused-ring (bicyclic) bond motifs is 1. The number of hydrogen-bond donors (Lipinski definition) is 1. The number of thiazole rings is 1. The number of carbonyl (C=O) groups is 1. The Morgan fingerprint density at radius 1 is 1.32 bits per heavy atom. The number of para-hydroxylation sites is 1. The van der Waals surface area contributed by atoms with Gasteiger partial charge in [0.2, 0.25) is 0 Å². The summed E-state index contributed by atoms with van der Waals surface area (Å²) in [7, 11) is 0. The maximum Gasteiger partial charge on any atom is 0.287 e. The Kier molecular flexibility index (Phi) is 5.49. The van der Waals surface area contributed by atoms with Gasteiger partial charge in [-0.1, -0.05) is 43.8 Å². The van der Waals surface area contributed by atoms with E-state index in [-0.39, 0.29) is 11.9 Å². The molecule has 2 aromatic heterocycles. The first-order valence-corrected chi connectivity index (χ1v) is 10.2. The number of aryl methyl sites for hydroxylation is 1. The van der Waals surface area contributed by atoms with Crippen LogP contribution in [0.5, 0.6) is 0 Å². The third-order valence-corrected chi connectivity index (χ3v) is 6.37. The fraction of sp³-hybridized carbons (Fsp3) is 0.368. The molecular weight excluding hydrogens is 352 g/mol. The van der Waals surface area contributed by atoms with Crippen LogP contribution in [0.15, 0.2) is 38.4 Å². The molecule has 1 unspecified atom stereocenters. The summed E-state index contributed by atoms with van der Waals surface area (Å²) in [5.74, 6) is 1.28. The van der Waals surface area contributed by atoms with E-state index in [1.165, 1.54) is 0 Å². The molecule has 2 heterocycles. The van der Waals surface area contributed by atoms with Crippen LogP contribution in [0.2, 0.25) is 0 Å². The number of amides is 1. The van der Waals surface area contributed by atoms with Crippen LogP contribution in [-0.2, 0) is 5.75 Å². The molecule has 132 valence electrons. The van der Waals surface area contributed by atoms with Gasteiger partial charge in [0.05, 0.1) is 0 Å². The zero-order chi connectivity index (χ0) is 18.0. The van der Waals surface area contributed by atoms with Crippen molar-refractivity contribution in [3.8, 4) is 0 Å². The summed E-state index contributed by atoms with van der Waals surface area (Å²) >= 11 is 3.26. The topological polar surface area (TPSA) is 55.1 Å². The van der Waals surface area contributed by atoms with E-state index in [0.717, 1.165) is 26.6 Å². The Morgan fingerprint density at radius 3 is 2.76 bits per heavy atom. The van der Waals surface area contributed by atoms with Crippen molar-refractivity contribution >= 4 is 40.0 Å². The van der Waals surface area contributed by atoms with Crippen molar-refractivity contribution in [1.82, 2.24) is 10.3 Å². The van der Waals surface area contributed by atoms with E-state index in [2.05, 4.69) is 24.1 Å². The molecular formula is C19H22N2O2S2. The highest BCUT2D eigenvalue weighted by Crippen LogP contribution is 2.33. The fourth-order valence-electron chi connectivity index (χ4n) is 2.40. The molecule has 0 saturated heterocycles. The maximum absolute atomic E-state index is 12.7. The van der Waals surface area contributed by atoms with Gasteiger partial charge in [-0.2, -0.15) is 0 Å². The van der Waals surface area contributed by atoms with E-state index in [9.17, 15) is 4.79 Å². The van der Waals surface area contributed by atoms with Crippen molar-refractivity contribution < 1.29 is 9.21 Å². The van der Waals surface area contributed by atoms with Gasteiger partial charge < -0.3 is 9.73 Å². The maximum atomic E-state index is 12.7.